The molecule has 9 rings (SSSR count). The van der Waals surface area contributed by atoms with E-state index in [9.17, 15) is 54.3 Å². The Bertz CT molecular complexity index is 4320. The van der Waals surface area contributed by atoms with E-state index in [2.05, 4.69) is 50.1 Å². The lowest BCUT2D eigenvalue weighted by Gasteiger charge is -2.35. The second kappa shape index (κ2) is 46.1. The third-order valence-corrected chi connectivity index (χ3v) is 26.2. The maximum absolute atomic E-state index is 13.6. The summed E-state index contributed by atoms with van der Waals surface area (Å²) in [6.45, 7) is 4.21. The van der Waals surface area contributed by atoms with Gasteiger partial charge in [0.1, 0.15) is 12.3 Å². The summed E-state index contributed by atoms with van der Waals surface area (Å²) >= 11 is 38.9. The van der Waals surface area contributed by atoms with Crippen LogP contribution in [0.15, 0.2) is 124 Å². The van der Waals surface area contributed by atoms with Crippen molar-refractivity contribution in [1.29, 1.82) is 0 Å². The number of carboxylic acids is 1. The van der Waals surface area contributed by atoms with Gasteiger partial charge in [0.15, 0.2) is 0 Å². The Balaban J connectivity index is 0.704. The summed E-state index contributed by atoms with van der Waals surface area (Å²) in [6, 6.07) is 30.1. The Morgan fingerprint density at radius 1 is 0.419 bits per heavy atom. The predicted molar refractivity (Wildman–Crippen MR) is 449 cm³/mol. The molecule has 8 N–H and O–H groups in total. The average molecular weight is 1800 g/mol. The highest BCUT2D eigenvalue weighted by Crippen LogP contribution is 2.43. The number of urea groups is 1. The number of amides is 4. The molecule has 3 atom stereocenters. The Morgan fingerprint density at radius 2 is 0.744 bits per heavy atom. The van der Waals surface area contributed by atoms with Gasteiger partial charge in [0.25, 0.3) is 0 Å². The highest BCUT2D eigenvalue weighted by Gasteiger charge is 2.36. The lowest BCUT2D eigenvalue weighted by atomic mass is 9.82. The van der Waals surface area contributed by atoms with Crippen molar-refractivity contribution in [3.63, 3.8) is 0 Å². The van der Waals surface area contributed by atoms with E-state index < -0.39 is 66.0 Å². The summed E-state index contributed by atoms with van der Waals surface area (Å²) in [7, 11) is -5.85. The van der Waals surface area contributed by atoms with Crippen molar-refractivity contribution in [1.82, 2.24) is 50.1 Å². The first-order valence-electron chi connectivity index (χ1n) is 38.5. The number of hydrogen-bond acceptors (Lipinski definition) is 20. The van der Waals surface area contributed by atoms with Crippen molar-refractivity contribution in [2.75, 3.05) is 159 Å². The molecular weight excluding hydrogens is 1700 g/mol. The normalized spacial score (nSPS) is 16.1. The maximum atomic E-state index is 13.6. The number of sulfonamides is 3. The number of carboxylic acid groups (broad SMARTS) is 1. The van der Waals surface area contributed by atoms with Gasteiger partial charge in [-0.3, -0.25) is 19.2 Å². The van der Waals surface area contributed by atoms with Gasteiger partial charge in [-0.1, -0.05) is 106 Å². The predicted octanol–water partition coefficient (Wildman–Crippen LogP) is 9.72. The average Bonchev–Trinajstić information content (AvgIpc) is 0.781. The molecule has 0 fully saturated rings. The number of carbonyl (C=O) groups excluding carboxylic acids is 4. The summed E-state index contributed by atoms with van der Waals surface area (Å²) in [4.78, 5) is 72.3. The molecule has 0 saturated carbocycles. The van der Waals surface area contributed by atoms with Gasteiger partial charge in [-0.15, -0.1) is 0 Å². The minimum Gasteiger partial charge on any atom is -0.480 e. The number of halogens is 6. The zero-order chi connectivity index (χ0) is 84.3. The minimum atomic E-state index is -3.92. The van der Waals surface area contributed by atoms with E-state index in [0.717, 1.165) is 50.1 Å². The fourth-order valence-electron chi connectivity index (χ4n) is 14.3. The van der Waals surface area contributed by atoms with Crippen LogP contribution in [0.3, 0.4) is 0 Å². The number of rotatable bonds is 49. The summed E-state index contributed by atoms with van der Waals surface area (Å²) in [5.41, 5.74) is 6.65. The van der Waals surface area contributed by atoms with Crippen LogP contribution in [0.5, 0.6) is 0 Å². The molecule has 28 nitrogen and oxygen atoms in total. The topological polar surface area (TPSA) is 357 Å². The third kappa shape index (κ3) is 29.5. The van der Waals surface area contributed by atoms with Crippen molar-refractivity contribution in [2.45, 2.75) is 109 Å². The molecule has 0 spiro atoms. The van der Waals surface area contributed by atoms with Crippen LogP contribution in [0.4, 0.5) is 4.79 Å². The van der Waals surface area contributed by atoms with Crippen LogP contribution in [-0.2, 0) is 97.3 Å². The number of Topliss-reactive ketones (excluding diaryl/α,β-unsaturated/α-hetero) is 1. The van der Waals surface area contributed by atoms with Crippen molar-refractivity contribution in [3.8, 4) is 0 Å². The number of hydrogen-bond donors (Lipinski definition) is 8. The van der Waals surface area contributed by atoms with Gasteiger partial charge in [-0.25, -0.2) is 44.2 Å². The van der Waals surface area contributed by atoms with E-state index in [1.54, 1.807) is 54.6 Å². The number of carbonyl (C=O) groups is 5. The molecule has 0 aliphatic carbocycles. The van der Waals surface area contributed by atoms with E-state index in [4.69, 9.17) is 98.0 Å². The molecule has 0 aromatic heterocycles. The maximum Gasteiger partial charge on any atom is 0.323 e. The first-order chi connectivity index (χ1) is 55.9. The standard InChI is InChI=1S/C80H102Cl6N10O18S3/c1-94-48-67(64-41-57(81)44-73(84)70(64)51-94)54-8-4-12-61(38-54)115(103,104)90-23-29-112-33-32-109-26-7-11-60(97)15-18-80(93-79(102)89-47-78(100)101,19-16-76(98)87-21-27-110-34-36-113-30-24-91-116(105,106)62-13-5-9-55(39-62)68-49-95(2)52-71-65(68)42-58(82)45-74(71)85)20-17-77(99)88-22-28-111-35-37-114-31-25-92-117(107,108)63-14-6-10-56(40-63)69-50-96(3)53-72-66(69)43-59(83)46-75(72)86/h4-6,8-10,12-14,38-46,67-69,90-92H,7,11,15-37,47-53H2,1-3H3,(H,87,98)(H,88,99)(H,100,101)(H2,89,93,102)/t67-,68-,69-/m0/s1. The lowest BCUT2D eigenvalue weighted by molar-refractivity contribution is -0.135. The molecule has 0 unspecified atom stereocenters. The highest BCUT2D eigenvalue weighted by molar-refractivity contribution is 7.90. The van der Waals surface area contributed by atoms with Crippen LogP contribution in [-0.4, -0.2) is 240 Å². The molecule has 0 bridgehead atoms. The van der Waals surface area contributed by atoms with Gasteiger partial charge in [0.05, 0.1) is 87.4 Å². The zero-order valence-corrected chi connectivity index (χ0v) is 72.5. The first-order valence-corrected chi connectivity index (χ1v) is 45.2. The lowest BCUT2D eigenvalue weighted by Crippen LogP contribution is -2.54. The van der Waals surface area contributed by atoms with E-state index in [1.165, 1.54) is 18.2 Å². The first kappa shape index (κ1) is 94.6. The van der Waals surface area contributed by atoms with Crippen molar-refractivity contribution < 1.29 is 82.8 Å². The van der Waals surface area contributed by atoms with Crippen LogP contribution < -0.4 is 35.4 Å². The molecule has 3 aliphatic heterocycles. The molecule has 6 aromatic rings. The molecule has 117 heavy (non-hydrogen) atoms. The minimum absolute atomic E-state index is 0.0154. The van der Waals surface area contributed by atoms with Crippen molar-refractivity contribution in [3.05, 3.63) is 189 Å². The second-order valence-electron chi connectivity index (χ2n) is 29.0. The number of benzene rings is 6. The zero-order valence-electron chi connectivity index (χ0n) is 65.5. The summed E-state index contributed by atoms with van der Waals surface area (Å²) in [6.07, 6.45) is -0.398. The Labute approximate surface area is 714 Å². The molecule has 3 aliphatic rings. The molecule has 3 heterocycles. The molecule has 640 valence electrons. The fraction of sp³-hybridized carbons (Fsp3) is 0.487. The Kier molecular flexibility index (Phi) is 37.3. The van der Waals surface area contributed by atoms with E-state index in [-0.39, 0.29) is 195 Å². The van der Waals surface area contributed by atoms with Crippen LogP contribution in [0.25, 0.3) is 0 Å². The monoisotopic (exact) mass is 1800 g/mol. The van der Waals surface area contributed by atoms with Crippen LogP contribution in [0.2, 0.25) is 30.1 Å². The number of fused-ring (bicyclic) bond motifs is 3. The van der Waals surface area contributed by atoms with Crippen molar-refractivity contribution in [2.24, 2.45) is 0 Å². The highest BCUT2D eigenvalue weighted by atomic mass is 35.5. The van der Waals surface area contributed by atoms with Gasteiger partial charge < -0.3 is 69.5 Å². The van der Waals surface area contributed by atoms with Crippen LogP contribution in [0, 0.1) is 0 Å². The third-order valence-electron chi connectivity index (χ3n) is 20.1. The Hall–Kier alpha value is -6.22. The van der Waals surface area contributed by atoms with Gasteiger partial charge >= 0.3 is 12.0 Å². The van der Waals surface area contributed by atoms with Gasteiger partial charge in [-0.05, 0) is 170 Å². The van der Waals surface area contributed by atoms with E-state index in [1.807, 2.05) is 57.5 Å². The summed E-state index contributed by atoms with van der Waals surface area (Å²) < 4.78 is 122. The van der Waals surface area contributed by atoms with Gasteiger partial charge in [0.2, 0.25) is 41.9 Å². The van der Waals surface area contributed by atoms with Crippen LogP contribution >= 0.6 is 69.6 Å². The number of nitrogens with one attached hydrogen (secondary N) is 7. The SMILES string of the molecule is CN1Cc2c(Cl)cc(Cl)cc2[C@H](c2cccc(S(=O)(=O)NCCOCCOCCCC(=O)CCC(CCC(=O)NCCOCCOCCNS(=O)(=O)c3cccc([C@@H]4CN(C)Cc5c(Cl)cc(Cl)cc54)c3)(CCC(=O)NCCOCCOCCNS(=O)(=O)c3cccc([C@@H]4CN(C)Cc5c(Cl)cc(Cl)cc54)c3)NC(=O)NCC(=O)O)c2)C1. The molecule has 6 aromatic carbocycles. The van der Waals surface area contributed by atoms with Crippen LogP contribution in [0.1, 0.15) is 119 Å². The van der Waals surface area contributed by atoms with Gasteiger partial charge in [0, 0.05) is 158 Å². The second-order valence-corrected chi connectivity index (χ2v) is 36.9. The van der Waals surface area contributed by atoms with Crippen molar-refractivity contribution >= 4 is 129 Å². The molecular formula is C80H102Cl6N10O18S3. The quantitative estimate of drug-likeness (QED) is 0.0165. The van der Waals surface area contributed by atoms with Gasteiger partial charge in [-0.2, -0.15) is 0 Å². The Morgan fingerprint density at radius 3 is 1.09 bits per heavy atom. The number of nitrogens with zero attached hydrogens (tertiary/aromatic N) is 3. The smallest absolute Gasteiger partial charge is 0.323 e. The number of likely N-dealkylation sites (N-methyl/N-ethyl adjacent to an activating group) is 3. The fourth-order valence-corrected chi connectivity index (χ4v) is 19.2. The molecule has 4 amide bonds. The number of aliphatic carboxylic acids is 1. The molecule has 0 radical (unpaired) electrons. The summed E-state index contributed by atoms with van der Waals surface area (Å²) in [5.74, 6) is -2.97. The molecule has 37 heteroatoms. The van der Waals surface area contributed by atoms with E-state index in [0.29, 0.717) is 75.8 Å². The largest absolute Gasteiger partial charge is 0.480 e. The summed E-state index contributed by atoms with van der Waals surface area (Å²) in [5, 5.41) is 23.2. The number of ether oxygens (including phenoxy) is 6. The number of ketones is 1. The van der Waals surface area contributed by atoms with E-state index >= 15 is 0 Å². The molecule has 0 saturated heterocycles.